The van der Waals surface area contributed by atoms with Gasteiger partial charge in [0.2, 0.25) is 0 Å². The number of nitrogens with zero attached hydrogens (tertiary/aromatic N) is 2. The van der Waals surface area contributed by atoms with Gasteiger partial charge >= 0.3 is 6.18 Å². The van der Waals surface area contributed by atoms with Gasteiger partial charge in [-0.3, -0.25) is 9.48 Å². The zero-order chi connectivity index (χ0) is 14.4. The monoisotopic (exact) mass is 290 g/mol. The molecule has 19 heavy (non-hydrogen) atoms. The molecule has 0 atom stereocenters. The number of amides is 1. The predicted molar refractivity (Wildman–Crippen MR) is 64.5 cm³/mol. The SMILES string of the molecule is Cn1nc(C(F)(F)F)cc1-c1sc(C(N)=O)cc1N. The Morgan fingerprint density at radius 3 is 2.47 bits per heavy atom. The lowest BCUT2D eigenvalue weighted by atomic mass is 10.2. The van der Waals surface area contributed by atoms with Crippen molar-refractivity contribution >= 4 is 22.9 Å². The Morgan fingerprint density at radius 2 is 2.05 bits per heavy atom. The van der Waals surface area contributed by atoms with Crippen LogP contribution in [0.2, 0.25) is 0 Å². The summed E-state index contributed by atoms with van der Waals surface area (Å²) in [6, 6.07) is 2.22. The summed E-state index contributed by atoms with van der Waals surface area (Å²) in [5, 5.41) is 3.38. The van der Waals surface area contributed by atoms with E-state index in [1.807, 2.05) is 0 Å². The topological polar surface area (TPSA) is 86.9 Å². The number of hydrogen-bond acceptors (Lipinski definition) is 4. The van der Waals surface area contributed by atoms with E-state index in [0.29, 0.717) is 4.88 Å². The van der Waals surface area contributed by atoms with Crippen LogP contribution in [0.4, 0.5) is 18.9 Å². The van der Waals surface area contributed by atoms with Gasteiger partial charge in [0.05, 0.1) is 21.1 Å². The maximum Gasteiger partial charge on any atom is 0.435 e. The second-order valence-corrected chi connectivity index (χ2v) is 4.85. The molecule has 0 unspecified atom stereocenters. The molecule has 9 heteroatoms. The van der Waals surface area contributed by atoms with Gasteiger partial charge < -0.3 is 11.5 Å². The van der Waals surface area contributed by atoms with Crippen LogP contribution < -0.4 is 11.5 Å². The molecule has 2 aromatic rings. The third-order valence-corrected chi connectivity index (χ3v) is 3.59. The van der Waals surface area contributed by atoms with E-state index in [1.54, 1.807) is 0 Å². The van der Waals surface area contributed by atoms with E-state index in [0.717, 1.165) is 22.1 Å². The number of rotatable bonds is 2. The summed E-state index contributed by atoms with van der Waals surface area (Å²) in [6.45, 7) is 0. The molecule has 0 saturated heterocycles. The van der Waals surface area contributed by atoms with Gasteiger partial charge in [-0.05, 0) is 12.1 Å². The number of carbonyl (C=O) groups is 1. The molecule has 2 heterocycles. The van der Waals surface area contributed by atoms with Gasteiger partial charge in [0.25, 0.3) is 5.91 Å². The van der Waals surface area contributed by atoms with E-state index in [9.17, 15) is 18.0 Å². The number of alkyl halides is 3. The predicted octanol–water partition coefficient (Wildman–Crippen LogP) is 1.85. The number of nitrogens with two attached hydrogens (primary N) is 2. The van der Waals surface area contributed by atoms with Crippen molar-refractivity contribution in [2.45, 2.75) is 6.18 Å². The highest BCUT2D eigenvalue weighted by atomic mass is 32.1. The van der Waals surface area contributed by atoms with Gasteiger partial charge in [-0.25, -0.2) is 0 Å². The van der Waals surface area contributed by atoms with Gasteiger partial charge in [0, 0.05) is 7.05 Å². The van der Waals surface area contributed by atoms with Crippen LogP contribution in [0.5, 0.6) is 0 Å². The first-order valence-corrected chi connectivity index (χ1v) is 5.82. The normalized spacial score (nSPS) is 11.8. The van der Waals surface area contributed by atoms with Crippen molar-refractivity contribution in [2.24, 2.45) is 12.8 Å². The lowest BCUT2D eigenvalue weighted by Gasteiger charge is -1.99. The van der Waals surface area contributed by atoms with Crippen molar-refractivity contribution in [1.82, 2.24) is 9.78 Å². The molecule has 0 radical (unpaired) electrons. The average Bonchev–Trinajstić information content (AvgIpc) is 2.81. The fraction of sp³-hybridized carbons (Fsp3) is 0.200. The standard InChI is InChI=1S/C10H9F3N4OS/c1-17-5(3-7(16-17)10(11,12)13)8-4(14)2-6(19-8)9(15)18/h2-3H,14H2,1H3,(H2,15,18). The van der Waals surface area contributed by atoms with Gasteiger partial charge in [0.1, 0.15) is 0 Å². The molecule has 2 rings (SSSR count). The number of hydrogen-bond donors (Lipinski definition) is 2. The van der Waals surface area contributed by atoms with Gasteiger partial charge in [-0.15, -0.1) is 11.3 Å². The van der Waals surface area contributed by atoms with Crippen LogP contribution in [-0.2, 0) is 13.2 Å². The number of nitrogen functional groups attached to an aromatic ring is 1. The van der Waals surface area contributed by atoms with Gasteiger partial charge in [-0.1, -0.05) is 0 Å². The summed E-state index contributed by atoms with van der Waals surface area (Å²) in [5.74, 6) is -0.679. The first kappa shape index (κ1) is 13.4. The molecular weight excluding hydrogens is 281 g/mol. The molecule has 1 amide bonds. The van der Waals surface area contributed by atoms with E-state index in [-0.39, 0.29) is 16.3 Å². The summed E-state index contributed by atoms with van der Waals surface area (Å²) in [4.78, 5) is 11.5. The molecule has 2 aromatic heterocycles. The molecule has 0 aromatic carbocycles. The first-order chi connectivity index (χ1) is 8.70. The Balaban J connectivity index is 2.53. The molecule has 0 aliphatic rings. The molecule has 0 saturated carbocycles. The summed E-state index contributed by atoms with van der Waals surface area (Å²) in [7, 11) is 1.37. The van der Waals surface area contributed by atoms with Crippen molar-refractivity contribution in [3.05, 3.63) is 22.7 Å². The third kappa shape index (κ3) is 2.41. The van der Waals surface area contributed by atoms with Crippen LogP contribution in [-0.4, -0.2) is 15.7 Å². The smallest absolute Gasteiger partial charge is 0.397 e. The van der Waals surface area contributed by atoms with Crippen molar-refractivity contribution in [3.63, 3.8) is 0 Å². The molecule has 0 spiro atoms. The average molecular weight is 290 g/mol. The van der Waals surface area contributed by atoms with Crippen LogP contribution in [0.1, 0.15) is 15.4 Å². The molecule has 0 aliphatic carbocycles. The summed E-state index contributed by atoms with van der Waals surface area (Å²) < 4.78 is 38.7. The van der Waals surface area contributed by atoms with E-state index in [1.165, 1.54) is 13.1 Å². The van der Waals surface area contributed by atoms with E-state index in [2.05, 4.69) is 5.10 Å². The highest BCUT2D eigenvalue weighted by Crippen LogP contribution is 2.37. The minimum Gasteiger partial charge on any atom is -0.397 e. The van der Waals surface area contributed by atoms with Crippen molar-refractivity contribution in [3.8, 4) is 10.6 Å². The number of carbonyl (C=O) groups excluding carboxylic acids is 1. The Labute approximate surface area is 109 Å². The Hall–Kier alpha value is -2.03. The first-order valence-electron chi connectivity index (χ1n) is 5.01. The van der Waals surface area contributed by atoms with Crippen LogP contribution in [0, 0.1) is 0 Å². The van der Waals surface area contributed by atoms with Crippen LogP contribution in [0.3, 0.4) is 0 Å². The lowest BCUT2D eigenvalue weighted by molar-refractivity contribution is -0.141. The minimum absolute atomic E-state index is 0.183. The van der Waals surface area contributed by atoms with Crippen LogP contribution in [0.15, 0.2) is 12.1 Å². The summed E-state index contributed by atoms with van der Waals surface area (Å²) in [6.07, 6.45) is -4.53. The van der Waals surface area contributed by atoms with Gasteiger partial charge in [0.15, 0.2) is 5.69 Å². The number of thiophene rings is 1. The quantitative estimate of drug-likeness (QED) is 0.884. The zero-order valence-corrected chi connectivity index (χ0v) is 10.5. The summed E-state index contributed by atoms with van der Waals surface area (Å²) in [5.41, 5.74) is 10.1. The highest BCUT2D eigenvalue weighted by Gasteiger charge is 2.35. The van der Waals surface area contributed by atoms with E-state index in [4.69, 9.17) is 11.5 Å². The fourth-order valence-electron chi connectivity index (χ4n) is 1.55. The zero-order valence-electron chi connectivity index (χ0n) is 9.65. The van der Waals surface area contributed by atoms with E-state index < -0.39 is 17.8 Å². The molecule has 4 N–H and O–H groups in total. The number of aromatic nitrogens is 2. The number of primary amides is 1. The minimum atomic E-state index is -4.53. The van der Waals surface area contributed by atoms with Crippen molar-refractivity contribution in [1.29, 1.82) is 0 Å². The largest absolute Gasteiger partial charge is 0.435 e. The van der Waals surface area contributed by atoms with Gasteiger partial charge in [-0.2, -0.15) is 18.3 Å². The fourth-order valence-corrected chi connectivity index (χ4v) is 2.52. The Bertz CT molecular complexity index is 644. The van der Waals surface area contributed by atoms with E-state index >= 15 is 0 Å². The van der Waals surface area contributed by atoms with Crippen LogP contribution >= 0.6 is 11.3 Å². The Morgan fingerprint density at radius 1 is 1.42 bits per heavy atom. The third-order valence-electron chi connectivity index (χ3n) is 2.41. The second kappa shape index (κ2) is 4.26. The molecule has 0 bridgehead atoms. The number of anilines is 1. The maximum atomic E-state index is 12.6. The molecular formula is C10H9F3N4OS. The maximum absolute atomic E-state index is 12.6. The van der Waals surface area contributed by atoms with Crippen LogP contribution in [0.25, 0.3) is 10.6 Å². The molecule has 0 fully saturated rings. The lowest BCUT2D eigenvalue weighted by Crippen LogP contribution is -2.08. The van der Waals surface area contributed by atoms with Crippen molar-refractivity contribution < 1.29 is 18.0 Å². The highest BCUT2D eigenvalue weighted by molar-refractivity contribution is 7.18. The van der Waals surface area contributed by atoms with Crippen molar-refractivity contribution in [2.75, 3.05) is 5.73 Å². The second-order valence-electron chi connectivity index (χ2n) is 3.80. The number of halogens is 3. The molecule has 5 nitrogen and oxygen atoms in total. The summed E-state index contributed by atoms with van der Waals surface area (Å²) >= 11 is 0.931. The molecule has 102 valence electrons. The molecule has 0 aliphatic heterocycles. The number of aryl methyl sites for hydroxylation is 1. The Kier molecular flexibility index (Phi) is 3.01.